The van der Waals surface area contributed by atoms with E-state index < -0.39 is 5.97 Å². The van der Waals surface area contributed by atoms with Gasteiger partial charge in [-0.05, 0) is 48.6 Å². The molecule has 0 radical (unpaired) electrons. The highest BCUT2D eigenvalue weighted by Gasteiger charge is 2.59. The van der Waals surface area contributed by atoms with E-state index in [1.807, 2.05) is 12.2 Å². The van der Waals surface area contributed by atoms with Crippen molar-refractivity contribution in [1.29, 1.82) is 0 Å². The second kappa shape index (κ2) is 7.62. The van der Waals surface area contributed by atoms with Crippen molar-refractivity contribution in [3.63, 3.8) is 0 Å². The molecular weight excluding hydrogens is 439 g/mol. The van der Waals surface area contributed by atoms with Crippen LogP contribution in [-0.4, -0.2) is 29.0 Å². The number of allylic oxidation sites excluding steroid dienone is 2. The van der Waals surface area contributed by atoms with E-state index in [-0.39, 0.29) is 51.8 Å². The van der Waals surface area contributed by atoms with Gasteiger partial charge in [-0.15, -0.1) is 0 Å². The Morgan fingerprint density at radius 2 is 1.71 bits per heavy atom. The Hall–Kier alpha value is -2.96. The summed E-state index contributed by atoms with van der Waals surface area (Å²) in [4.78, 5) is 38.1. The number of esters is 1. The Kier molecular flexibility index (Phi) is 4.91. The van der Waals surface area contributed by atoms with Crippen LogP contribution in [0.5, 0.6) is 5.75 Å². The Balaban J connectivity index is 1.40. The lowest BCUT2D eigenvalue weighted by molar-refractivity contribution is -0.140. The lowest BCUT2D eigenvalue weighted by Crippen LogP contribution is -2.28. The maximum Gasteiger partial charge on any atom is 0.345 e. The van der Waals surface area contributed by atoms with E-state index in [2.05, 4.69) is 5.10 Å². The molecule has 1 aliphatic heterocycles. The number of carbonyl (C=O) groups is 3. The van der Waals surface area contributed by atoms with Crippen molar-refractivity contribution in [2.45, 2.75) is 6.42 Å². The third-order valence-corrected chi connectivity index (χ3v) is 6.59. The summed E-state index contributed by atoms with van der Waals surface area (Å²) in [5.41, 5.74) is 0.564. The fourth-order valence-corrected chi connectivity index (χ4v) is 5.01. The molecule has 0 N–H and O–H groups in total. The van der Waals surface area contributed by atoms with Gasteiger partial charge in [-0.1, -0.05) is 47.5 Å². The van der Waals surface area contributed by atoms with Gasteiger partial charge in [-0.2, -0.15) is 10.1 Å². The predicted molar refractivity (Wildman–Crippen MR) is 115 cm³/mol. The van der Waals surface area contributed by atoms with Gasteiger partial charge < -0.3 is 4.74 Å². The highest BCUT2D eigenvalue weighted by molar-refractivity contribution is 6.33. The largest absolute Gasteiger partial charge is 0.422 e. The number of halogens is 2. The molecule has 1 saturated carbocycles. The van der Waals surface area contributed by atoms with Crippen LogP contribution >= 0.6 is 23.2 Å². The average molecular weight is 455 g/mol. The first-order chi connectivity index (χ1) is 14.9. The van der Waals surface area contributed by atoms with Crippen LogP contribution in [-0.2, 0) is 9.59 Å². The minimum atomic E-state index is -0.645. The summed E-state index contributed by atoms with van der Waals surface area (Å²) in [7, 11) is 0. The second-order valence-electron chi connectivity index (χ2n) is 7.78. The fraction of sp³-hybridized carbons (Fsp3) is 0.217. The summed E-state index contributed by atoms with van der Waals surface area (Å²) in [6, 6.07) is 11.1. The number of fused-ring (bicyclic) bond motifs is 5. The van der Waals surface area contributed by atoms with Crippen molar-refractivity contribution >= 4 is 47.2 Å². The lowest BCUT2D eigenvalue weighted by atomic mass is 9.85. The highest BCUT2D eigenvalue weighted by atomic mass is 35.5. The Morgan fingerprint density at radius 3 is 2.39 bits per heavy atom. The molecule has 2 amide bonds. The first-order valence-corrected chi connectivity index (χ1v) is 10.6. The fourth-order valence-electron chi connectivity index (χ4n) is 4.62. The smallest absolute Gasteiger partial charge is 0.345 e. The number of hydrazone groups is 1. The molecule has 2 aliphatic carbocycles. The number of hydrogen-bond acceptors (Lipinski definition) is 5. The van der Waals surface area contributed by atoms with Crippen molar-refractivity contribution in [2.75, 3.05) is 0 Å². The zero-order valence-corrected chi connectivity index (χ0v) is 17.6. The minimum Gasteiger partial charge on any atom is -0.422 e. The van der Waals surface area contributed by atoms with Crippen LogP contribution in [0.25, 0.3) is 0 Å². The molecule has 156 valence electrons. The van der Waals surface area contributed by atoms with Crippen LogP contribution in [0.3, 0.4) is 0 Å². The van der Waals surface area contributed by atoms with Crippen LogP contribution in [0.15, 0.2) is 59.7 Å². The summed E-state index contributed by atoms with van der Waals surface area (Å²) in [5.74, 6) is -1.52. The van der Waals surface area contributed by atoms with E-state index >= 15 is 0 Å². The third kappa shape index (κ3) is 3.36. The summed E-state index contributed by atoms with van der Waals surface area (Å²) in [5, 5.41) is 5.72. The molecule has 2 fully saturated rings. The van der Waals surface area contributed by atoms with Gasteiger partial charge in [0.1, 0.15) is 5.75 Å². The predicted octanol–water partition coefficient (Wildman–Crippen LogP) is 4.35. The first kappa shape index (κ1) is 20.0. The maximum atomic E-state index is 12.8. The third-order valence-electron chi connectivity index (χ3n) is 6.03. The summed E-state index contributed by atoms with van der Waals surface area (Å²) < 4.78 is 5.48. The van der Waals surface area contributed by atoms with Crippen molar-refractivity contribution in [1.82, 2.24) is 5.01 Å². The quantitative estimate of drug-likeness (QED) is 0.226. The molecule has 0 aromatic heterocycles. The number of benzene rings is 2. The molecule has 2 aromatic carbocycles. The molecular formula is C23H16Cl2N2O4. The number of rotatable bonds is 4. The summed E-state index contributed by atoms with van der Waals surface area (Å²) in [6.07, 6.45) is 6.20. The Labute approximate surface area is 188 Å². The molecule has 0 spiro atoms. The monoisotopic (exact) mass is 454 g/mol. The number of ether oxygens (including phenoxy) is 1. The van der Waals surface area contributed by atoms with Gasteiger partial charge in [0.05, 0.1) is 28.6 Å². The van der Waals surface area contributed by atoms with Crippen molar-refractivity contribution in [2.24, 2.45) is 28.8 Å². The second-order valence-corrected chi connectivity index (χ2v) is 8.63. The van der Waals surface area contributed by atoms with Gasteiger partial charge in [-0.3, -0.25) is 9.59 Å². The van der Waals surface area contributed by atoms with Crippen molar-refractivity contribution in [3.05, 3.63) is 75.8 Å². The zero-order valence-electron chi connectivity index (χ0n) is 16.1. The van der Waals surface area contributed by atoms with Gasteiger partial charge >= 0.3 is 5.97 Å². The molecule has 1 heterocycles. The lowest BCUT2D eigenvalue weighted by Gasteiger charge is -2.13. The van der Waals surface area contributed by atoms with Crippen LogP contribution in [0, 0.1) is 23.7 Å². The van der Waals surface area contributed by atoms with Crippen molar-refractivity contribution in [3.8, 4) is 5.75 Å². The van der Waals surface area contributed by atoms with Gasteiger partial charge in [0.2, 0.25) is 0 Å². The number of imide groups is 1. The minimum absolute atomic E-state index is 0.102. The highest BCUT2D eigenvalue weighted by Crippen LogP contribution is 2.52. The topological polar surface area (TPSA) is 76.0 Å². The summed E-state index contributed by atoms with van der Waals surface area (Å²) in [6.45, 7) is 0. The van der Waals surface area contributed by atoms with Gasteiger partial charge in [-0.25, -0.2) is 4.79 Å². The van der Waals surface area contributed by atoms with Crippen LogP contribution < -0.4 is 4.74 Å². The van der Waals surface area contributed by atoms with E-state index in [0.29, 0.717) is 10.6 Å². The SMILES string of the molecule is O=C(Oc1ccc(Cl)cc1C=NN1C(=O)[C@@H]2[C@H](C1=O)[C@H]1C=C[C@H]2C1)c1ccccc1Cl. The zero-order chi connectivity index (χ0) is 21.7. The van der Waals surface area contributed by atoms with E-state index in [0.717, 1.165) is 11.4 Å². The molecule has 6 nitrogen and oxygen atoms in total. The molecule has 2 aromatic rings. The molecule has 0 unspecified atom stereocenters. The van der Waals surface area contributed by atoms with Crippen molar-refractivity contribution < 1.29 is 19.1 Å². The van der Waals surface area contributed by atoms with Gasteiger partial charge in [0, 0.05) is 10.6 Å². The van der Waals surface area contributed by atoms with E-state index in [1.165, 1.54) is 18.3 Å². The first-order valence-electron chi connectivity index (χ1n) is 9.80. The van der Waals surface area contributed by atoms with Gasteiger partial charge in [0.15, 0.2) is 0 Å². The van der Waals surface area contributed by atoms with E-state index in [4.69, 9.17) is 27.9 Å². The number of hydrogen-bond donors (Lipinski definition) is 0. The molecule has 4 atom stereocenters. The van der Waals surface area contributed by atoms with E-state index in [9.17, 15) is 14.4 Å². The standard InChI is InChI=1S/C23H16Cl2N2O4/c24-15-7-8-18(31-23(30)16-3-1-2-4-17(16)25)14(10-15)11-26-27-21(28)19-12-5-6-13(9-12)20(19)22(27)29/h1-8,10-13,19-20H,9H2/t12-,13-,19-,20+/m0/s1. The molecule has 5 rings (SSSR count). The average Bonchev–Trinajstić information content (AvgIpc) is 3.43. The van der Waals surface area contributed by atoms with E-state index in [1.54, 1.807) is 30.3 Å². The Morgan fingerprint density at radius 1 is 1.03 bits per heavy atom. The van der Waals surface area contributed by atoms with Crippen LogP contribution in [0.1, 0.15) is 22.3 Å². The van der Waals surface area contributed by atoms with Crippen LogP contribution in [0.4, 0.5) is 0 Å². The number of carbonyl (C=O) groups excluding carboxylic acids is 3. The number of amides is 2. The Bertz CT molecular complexity index is 1150. The molecule has 1 saturated heterocycles. The van der Waals surface area contributed by atoms with Crippen LogP contribution in [0.2, 0.25) is 10.0 Å². The molecule has 8 heteroatoms. The summed E-state index contributed by atoms with van der Waals surface area (Å²) >= 11 is 12.2. The van der Waals surface area contributed by atoms with Gasteiger partial charge in [0.25, 0.3) is 11.8 Å². The maximum absolute atomic E-state index is 12.8. The molecule has 3 aliphatic rings. The molecule has 2 bridgehead atoms. The normalized spacial score (nSPS) is 26.2. The number of nitrogens with zero attached hydrogens (tertiary/aromatic N) is 2. The molecule has 31 heavy (non-hydrogen) atoms.